The minimum absolute atomic E-state index is 0.396. The summed E-state index contributed by atoms with van der Waals surface area (Å²) in [6, 6.07) is 0. The summed E-state index contributed by atoms with van der Waals surface area (Å²) in [5, 5.41) is 0.945. The highest BCUT2D eigenvalue weighted by Crippen LogP contribution is 2.19. The Kier molecular flexibility index (Phi) is 8.01. The van der Waals surface area contributed by atoms with Crippen LogP contribution in [-0.2, 0) is 6.54 Å². The summed E-state index contributed by atoms with van der Waals surface area (Å²) in [5.74, 6) is 0. The maximum atomic E-state index is 5.86. The van der Waals surface area contributed by atoms with Crippen LogP contribution in [0.25, 0.3) is 0 Å². The van der Waals surface area contributed by atoms with E-state index < -0.39 is 0 Å². The van der Waals surface area contributed by atoms with Crippen molar-refractivity contribution in [1.29, 1.82) is 0 Å². The Morgan fingerprint density at radius 1 is 1.29 bits per heavy atom. The molecule has 0 amide bonds. The van der Waals surface area contributed by atoms with Gasteiger partial charge < -0.3 is 4.57 Å². The number of aryl methyl sites for hydroxylation is 1. The maximum Gasteiger partial charge on any atom is 0.166 e. The second kappa shape index (κ2) is 8.13. The minimum Gasteiger partial charge on any atom is -0.320 e. The molecule has 0 spiro atoms. The van der Waals surface area contributed by atoms with Crippen molar-refractivity contribution in [2.24, 2.45) is 0 Å². The molecule has 0 atom stereocenters. The standard InChI is InChI=1S/C8H12Cl2N2.C2H6/c1-2-3-4-5-12-6-11-7(9)8(12)10;1-2/h6H,2-5H2,1H3;1-2H3. The second-order valence-electron chi connectivity index (χ2n) is 2.73. The molecule has 0 aromatic carbocycles. The molecule has 0 unspecified atom stereocenters. The smallest absolute Gasteiger partial charge is 0.166 e. The highest BCUT2D eigenvalue weighted by molar-refractivity contribution is 6.40. The monoisotopic (exact) mass is 236 g/mol. The zero-order valence-corrected chi connectivity index (χ0v) is 10.6. The number of rotatable bonds is 4. The molecular weight excluding hydrogens is 219 g/mol. The third-order valence-corrected chi connectivity index (χ3v) is 2.50. The fraction of sp³-hybridized carbons (Fsp3) is 0.700. The van der Waals surface area contributed by atoms with Gasteiger partial charge in [0.25, 0.3) is 0 Å². The molecule has 0 bridgehead atoms. The van der Waals surface area contributed by atoms with Crippen LogP contribution in [-0.4, -0.2) is 9.55 Å². The zero-order valence-electron chi connectivity index (χ0n) is 9.06. The van der Waals surface area contributed by atoms with Crippen LogP contribution in [0.1, 0.15) is 40.0 Å². The zero-order chi connectivity index (χ0) is 11.0. The van der Waals surface area contributed by atoms with Crippen molar-refractivity contribution in [1.82, 2.24) is 9.55 Å². The van der Waals surface area contributed by atoms with Gasteiger partial charge in [-0.3, -0.25) is 0 Å². The van der Waals surface area contributed by atoms with Gasteiger partial charge in [-0.2, -0.15) is 0 Å². The second-order valence-corrected chi connectivity index (χ2v) is 3.44. The van der Waals surface area contributed by atoms with E-state index >= 15 is 0 Å². The van der Waals surface area contributed by atoms with Crippen LogP contribution in [0.3, 0.4) is 0 Å². The predicted molar refractivity (Wildman–Crippen MR) is 63.1 cm³/mol. The van der Waals surface area contributed by atoms with Crippen molar-refractivity contribution in [3.8, 4) is 0 Å². The molecule has 1 heterocycles. The van der Waals surface area contributed by atoms with Crippen LogP contribution in [0.5, 0.6) is 0 Å². The van der Waals surface area contributed by atoms with Gasteiger partial charge in [-0.05, 0) is 6.42 Å². The topological polar surface area (TPSA) is 17.8 Å². The highest BCUT2D eigenvalue weighted by atomic mass is 35.5. The van der Waals surface area contributed by atoms with E-state index in [-0.39, 0.29) is 0 Å². The Hall–Kier alpha value is -0.210. The molecule has 14 heavy (non-hydrogen) atoms. The summed E-state index contributed by atoms with van der Waals surface area (Å²) in [6.45, 7) is 7.08. The number of hydrogen-bond acceptors (Lipinski definition) is 1. The summed E-state index contributed by atoms with van der Waals surface area (Å²) in [7, 11) is 0. The SMILES string of the molecule is CC.CCCCCn1cnc(Cl)c1Cl. The quantitative estimate of drug-likeness (QED) is 0.709. The Labute approximate surface area is 96.2 Å². The molecule has 1 aromatic rings. The molecular formula is C10H18Cl2N2. The normalized spacial score (nSPS) is 9.50. The van der Waals surface area contributed by atoms with Gasteiger partial charge in [-0.1, -0.05) is 56.8 Å². The number of aromatic nitrogens is 2. The molecule has 0 saturated heterocycles. The molecule has 0 aliphatic rings. The number of nitrogens with zero attached hydrogens (tertiary/aromatic N) is 2. The van der Waals surface area contributed by atoms with Gasteiger partial charge in [0.2, 0.25) is 0 Å². The molecule has 0 N–H and O–H groups in total. The average Bonchev–Trinajstić information content (AvgIpc) is 2.53. The first-order valence-corrected chi connectivity index (χ1v) is 5.87. The van der Waals surface area contributed by atoms with Gasteiger partial charge in [0.05, 0.1) is 6.33 Å². The first-order valence-electron chi connectivity index (χ1n) is 5.11. The van der Waals surface area contributed by atoms with Crippen molar-refractivity contribution >= 4 is 23.2 Å². The van der Waals surface area contributed by atoms with E-state index in [1.165, 1.54) is 12.8 Å². The predicted octanol–water partition coefficient (Wildman–Crippen LogP) is 4.41. The Bertz CT molecular complexity index is 246. The maximum absolute atomic E-state index is 5.86. The van der Waals surface area contributed by atoms with Gasteiger partial charge in [0.1, 0.15) is 5.15 Å². The van der Waals surface area contributed by atoms with Crippen molar-refractivity contribution in [2.45, 2.75) is 46.6 Å². The third kappa shape index (κ3) is 4.34. The Morgan fingerprint density at radius 2 is 1.93 bits per heavy atom. The van der Waals surface area contributed by atoms with Gasteiger partial charge in [0, 0.05) is 6.54 Å². The van der Waals surface area contributed by atoms with E-state index in [9.17, 15) is 0 Å². The molecule has 0 fully saturated rings. The number of unbranched alkanes of at least 4 members (excludes halogenated alkanes) is 2. The lowest BCUT2D eigenvalue weighted by molar-refractivity contribution is 0.602. The lowest BCUT2D eigenvalue weighted by Gasteiger charge is -2.01. The van der Waals surface area contributed by atoms with Crippen LogP contribution in [0.2, 0.25) is 10.3 Å². The first kappa shape index (κ1) is 13.8. The molecule has 2 nitrogen and oxygen atoms in total. The van der Waals surface area contributed by atoms with E-state index in [4.69, 9.17) is 23.2 Å². The van der Waals surface area contributed by atoms with Gasteiger partial charge in [0.15, 0.2) is 5.15 Å². The highest BCUT2D eigenvalue weighted by Gasteiger charge is 2.04. The molecule has 1 aromatic heterocycles. The van der Waals surface area contributed by atoms with Crippen LogP contribution in [0.4, 0.5) is 0 Å². The molecule has 0 saturated carbocycles. The van der Waals surface area contributed by atoms with Crippen LogP contribution in [0, 0.1) is 0 Å². The molecule has 1 rings (SSSR count). The third-order valence-electron chi connectivity index (χ3n) is 1.74. The first-order chi connectivity index (χ1) is 6.75. The molecule has 4 heteroatoms. The summed E-state index contributed by atoms with van der Waals surface area (Å²) in [6.07, 6.45) is 5.23. The Balaban J connectivity index is 0.000000791. The van der Waals surface area contributed by atoms with Crippen molar-refractivity contribution in [2.75, 3.05) is 0 Å². The molecule has 82 valence electrons. The van der Waals surface area contributed by atoms with E-state index in [2.05, 4.69) is 11.9 Å². The van der Waals surface area contributed by atoms with Crippen LogP contribution in [0.15, 0.2) is 6.33 Å². The fourth-order valence-corrected chi connectivity index (χ4v) is 1.36. The summed E-state index contributed by atoms with van der Waals surface area (Å²) < 4.78 is 1.87. The van der Waals surface area contributed by atoms with Crippen molar-refractivity contribution < 1.29 is 0 Å². The van der Waals surface area contributed by atoms with E-state index in [0.717, 1.165) is 13.0 Å². The molecule has 0 aliphatic heterocycles. The van der Waals surface area contributed by atoms with Gasteiger partial charge >= 0.3 is 0 Å². The minimum atomic E-state index is 0.396. The van der Waals surface area contributed by atoms with Gasteiger partial charge in [-0.25, -0.2) is 4.98 Å². The lowest BCUT2D eigenvalue weighted by atomic mass is 10.2. The summed E-state index contributed by atoms with van der Waals surface area (Å²) in [4.78, 5) is 3.89. The number of imidazole rings is 1. The molecule has 0 aliphatic carbocycles. The van der Waals surface area contributed by atoms with Crippen LogP contribution < -0.4 is 0 Å². The van der Waals surface area contributed by atoms with E-state index in [0.29, 0.717) is 10.3 Å². The largest absolute Gasteiger partial charge is 0.320 e. The van der Waals surface area contributed by atoms with Crippen LogP contribution >= 0.6 is 23.2 Å². The van der Waals surface area contributed by atoms with Crippen molar-refractivity contribution in [3.63, 3.8) is 0 Å². The summed E-state index contributed by atoms with van der Waals surface area (Å²) >= 11 is 11.5. The van der Waals surface area contributed by atoms with E-state index in [1.807, 2.05) is 18.4 Å². The van der Waals surface area contributed by atoms with Gasteiger partial charge in [-0.15, -0.1) is 0 Å². The van der Waals surface area contributed by atoms with Crippen molar-refractivity contribution in [3.05, 3.63) is 16.6 Å². The fourth-order valence-electron chi connectivity index (χ4n) is 1.03. The average molecular weight is 237 g/mol. The Morgan fingerprint density at radius 3 is 2.36 bits per heavy atom. The summed E-state index contributed by atoms with van der Waals surface area (Å²) in [5.41, 5.74) is 0. The molecule has 0 radical (unpaired) electrons. The lowest BCUT2D eigenvalue weighted by Crippen LogP contribution is -1.95. The van der Waals surface area contributed by atoms with E-state index in [1.54, 1.807) is 6.33 Å². The number of hydrogen-bond donors (Lipinski definition) is 0. The number of halogens is 2.